The van der Waals surface area contributed by atoms with E-state index < -0.39 is 0 Å². The summed E-state index contributed by atoms with van der Waals surface area (Å²) in [6.45, 7) is 0. The summed E-state index contributed by atoms with van der Waals surface area (Å²) < 4.78 is 14.6. The van der Waals surface area contributed by atoms with Crippen molar-refractivity contribution in [3.63, 3.8) is 0 Å². The number of nitrogens with zero attached hydrogens (tertiary/aromatic N) is 3. The monoisotopic (exact) mass is 206 g/mol. The zero-order chi connectivity index (χ0) is 10.8. The minimum atomic E-state index is -0.357. The molecule has 1 N–H and O–H groups in total. The van der Waals surface area contributed by atoms with Crippen LogP contribution in [0.2, 0.25) is 0 Å². The number of rotatable bonds is 2. The van der Waals surface area contributed by atoms with E-state index in [4.69, 9.17) is 0 Å². The highest BCUT2D eigenvalue weighted by Gasteiger charge is 2.06. The van der Waals surface area contributed by atoms with Crippen LogP contribution in [0.15, 0.2) is 24.5 Å². The molecule has 2 aromatic rings. The smallest absolute Gasteiger partial charge is 0.142 e. The van der Waals surface area contributed by atoms with Gasteiger partial charge in [-0.3, -0.25) is 9.67 Å². The van der Waals surface area contributed by atoms with Gasteiger partial charge in [-0.1, -0.05) is 0 Å². The molecule has 0 aliphatic carbocycles. The Balaban J connectivity index is 2.45. The molecule has 4 nitrogen and oxygen atoms in total. The van der Waals surface area contributed by atoms with Crippen molar-refractivity contribution in [2.24, 2.45) is 7.05 Å². The van der Waals surface area contributed by atoms with Crippen LogP contribution in [0.25, 0.3) is 11.3 Å². The van der Waals surface area contributed by atoms with Crippen LogP contribution in [0.5, 0.6) is 0 Å². The largest absolute Gasteiger partial charge is 0.373 e. The molecule has 15 heavy (non-hydrogen) atoms. The van der Waals surface area contributed by atoms with Crippen molar-refractivity contribution in [2.75, 3.05) is 12.4 Å². The van der Waals surface area contributed by atoms with Crippen LogP contribution in [-0.4, -0.2) is 21.8 Å². The lowest BCUT2D eigenvalue weighted by molar-refractivity contribution is 0.622. The highest BCUT2D eigenvalue weighted by atomic mass is 19.1. The summed E-state index contributed by atoms with van der Waals surface area (Å²) in [6.07, 6.45) is 2.76. The summed E-state index contributed by atoms with van der Waals surface area (Å²) in [5.41, 5.74) is 1.38. The molecule has 0 bridgehead atoms. The molecule has 0 aliphatic rings. The van der Waals surface area contributed by atoms with Gasteiger partial charge in [-0.2, -0.15) is 5.10 Å². The van der Waals surface area contributed by atoms with Crippen molar-refractivity contribution in [3.05, 3.63) is 30.3 Å². The molecule has 0 saturated heterocycles. The highest BCUT2D eigenvalue weighted by Crippen LogP contribution is 2.20. The summed E-state index contributed by atoms with van der Waals surface area (Å²) in [4.78, 5) is 3.78. The lowest BCUT2D eigenvalue weighted by Gasteiger charge is -1.96. The molecule has 0 radical (unpaired) electrons. The molecule has 0 aliphatic heterocycles. The van der Waals surface area contributed by atoms with E-state index in [1.54, 1.807) is 10.9 Å². The van der Waals surface area contributed by atoms with Gasteiger partial charge in [0.1, 0.15) is 11.6 Å². The van der Waals surface area contributed by atoms with Crippen LogP contribution in [0.4, 0.5) is 10.2 Å². The number of anilines is 1. The SMILES string of the molecule is CNc1cc(-c2cncc(F)c2)nn1C. The number of aromatic nitrogens is 3. The molecule has 0 aromatic carbocycles. The van der Waals surface area contributed by atoms with E-state index >= 15 is 0 Å². The Morgan fingerprint density at radius 2 is 2.13 bits per heavy atom. The van der Waals surface area contributed by atoms with Crippen LogP contribution in [0.3, 0.4) is 0 Å². The van der Waals surface area contributed by atoms with Gasteiger partial charge in [0.05, 0.1) is 11.9 Å². The molecule has 0 atom stereocenters. The Labute approximate surface area is 86.8 Å². The van der Waals surface area contributed by atoms with Crippen molar-refractivity contribution in [1.29, 1.82) is 0 Å². The highest BCUT2D eigenvalue weighted by molar-refractivity contribution is 5.61. The standard InChI is InChI=1S/C10H11FN4/c1-12-10-4-9(14-15(10)2)7-3-8(11)6-13-5-7/h3-6,12H,1-2H3. The molecule has 2 aromatic heterocycles. The van der Waals surface area contributed by atoms with E-state index in [0.717, 1.165) is 5.82 Å². The third-order valence-corrected chi connectivity index (χ3v) is 2.14. The fourth-order valence-corrected chi connectivity index (χ4v) is 1.39. The fourth-order valence-electron chi connectivity index (χ4n) is 1.39. The van der Waals surface area contributed by atoms with Crippen molar-refractivity contribution in [2.45, 2.75) is 0 Å². The predicted octanol–water partition coefficient (Wildman–Crippen LogP) is 1.66. The number of halogens is 1. The van der Waals surface area contributed by atoms with E-state index in [0.29, 0.717) is 11.3 Å². The molecule has 2 heterocycles. The topological polar surface area (TPSA) is 42.7 Å². The van der Waals surface area contributed by atoms with E-state index in [1.165, 1.54) is 12.3 Å². The van der Waals surface area contributed by atoms with E-state index in [1.807, 2.05) is 20.2 Å². The third-order valence-electron chi connectivity index (χ3n) is 2.14. The molecule has 0 spiro atoms. The molecule has 0 unspecified atom stereocenters. The number of pyridine rings is 1. The fraction of sp³-hybridized carbons (Fsp3) is 0.200. The molecular weight excluding hydrogens is 195 g/mol. The summed E-state index contributed by atoms with van der Waals surface area (Å²) in [7, 11) is 3.63. The average molecular weight is 206 g/mol. The first kappa shape index (κ1) is 9.64. The zero-order valence-electron chi connectivity index (χ0n) is 8.53. The Hall–Kier alpha value is -1.91. The quantitative estimate of drug-likeness (QED) is 0.812. The van der Waals surface area contributed by atoms with Crippen molar-refractivity contribution in [1.82, 2.24) is 14.8 Å². The second kappa shape index (κ2) is 3.68. The van der Waals surface area contributed by atoms with Crippen LogP contribution < -0.4 is 5.32 Å². The molecular formula is C10H11FN4. The Bertz CT molecular complexity index is 478. The van der Waals surface area contributed by atoms with Crippen molar-refractivity contribution >= 4 is 5.82 Å². The van der Waals surface area contributed by atoms with Gasteiger partial charge >= 0.3 is 0 Å². The summed E-state index contributed by atoms with van der Waals surface area (Å²) in [5, 5.41) is 7.23. The number of hydrogen-bond donors (Lipinski definition) is 1. The molecule has 0 fully saturated rings. The van der Waals surface area contributed by atoms with Crippen LogP contribution in [0, 0.1) is 5.82 Å². The van der Waals surface area contributed by atoms with Gasteiger partial charge in [-0.25, -0.2) is 4.39 Å². The van der Waals surface area contributed by atoms with Gasteiger partial charge in [0.2, 0.25) is 0 Å². The van der Waals surface area contributed by atoms with E-state index in [9.17, 15) is 4.39 Å². The molecule has 5 heteroatoms. The zero-order valence-corrected chi connectivity index (χ0v) is 8.53. The van der Waals surface area contributed by atoms with Gasteiger partial charge in [-0.05, 0) is 6.07 Å². The van der Waals surface area contributed by atoms with E-state index in [-0.39, 0.29) is 5.82 Å². The van der Waals surface area contributed by atoms with Gasteiger partial charge in [-0.15, -0.1) is 0 Å². The van der Waals surface area contributed by atoms with Crippen molar-refractivity contribution in [3.8, 4) is 11.3 Å². The summed E-state index contributed by atoms with van der Waals surface area (Å²) in [5.74, 6) is 0.512. The molecule has 0 amide bonds. The maximum Gasteiger partial charge on any atom is 0.142 e. The second-order valence-corrected chi connectivity index (χ2v) is 3.18. The van der Waals surface area contributed by atoms with Gasteiger partial charge < -0.3 is 5.32 Å². The van der Waals surface area contributed by atoms with Crippen LogP contribution in [0.1, 0.15) is 0 Å². The first-order valence-corrected chi connectivity index (χ1v) is 4.53. The number of aryl methyl sites for hydroxylation is 1. The minimum Gasteiger partial charge on any atom is -0.373 e. The Morgan fingerprint density at radius 3 is 2.73 bits per heavy atom. The number of nitrogens with one attached hydrogen (secondary N) is 1. The van der Waals surface area contributed by atoms with Crippen LogP contribution >= 0.6 is 0 Å². The maximum absolute atomic E-state index is 12.9. The summed E-state index contributed by atoms with van der Waals surface area (Å²) >= 11 is 0. The maximum atomic E-state index is 12.9. The van der Waals surface area contributed by atoms with Crippen LogP contribution in [-0.2, 0) is 7.05 Å². The van der Waals surface area contributed by atoms with E-state index in [2.05, 4.69) is 15.4 Å². The van der Waals surface area contributed by atoms with Gasteiger partial charge in [0, 0.05) is 31.9 Å². The van der Waals surface area contributed by atoms with Gasteiger partial charge in [0.25, 0.3) is 0 Å². The lowest BCUT2D eigenvalue weighted by Crippen LogP contribution is -1.97. The Morgan fingerprint density at radius 1 is 1.33 bits per heavy atom. The molecule has 78 valence electrons. The number of hydrogen-bond acceptors (Lipinski definition) is 3. The average Bonchev–Trinajstić information content (AvgIpc) is 2.60. The predicted molar refractivity (Wildman–Crippen MR) is 55.9 cm³/mol. The third kappa shape index (κ3) is 1.81. The summed E-state index contributed by atoms with van der Waals surface area (Å²) in [6, 6.07) is 3.26. The van der Waals surface area contributed by atoms with Gasteiger partial charge in [0.15, 0.2) is 0 Å². The second-order valence-electron chi connectivity index (χ2n) is 3.18. The molecule has 2 rings (SSSR count). The molecule has 0 saturated carbocycles. The van der Waals surface area contributed by atoms with Crippen molar-refractivity contribution < 1.29 is 4.39 Å². The normalized spacial score (nSPS) is 10.3. The minimum absolute atomic E-state index is 0.357. The first-order valence-electron chi connectivity index (χ1n) is 4.53. The first-order chi connectivity index (χ1) is 7.20. The lowest BCUT2D eigenvalue weighted by atomic mass is 10.2. The Kier molecular flexibility index (Phi) is 2.37.